The highest BCUT2D eigenvalue weighted by atomic mass is 32.2. The lowest BCUT2D eigenvalue weighted by Gasteiger charge is -2.33. The molecule has 1 aromatic carbocycles. The van der Waals surface area contributed by atoms with Crippen LogP contribution in [0.1, 0.15) is 38.2 Å². The summed E-state index contributed by atoms with van der Waals surface area (Å²) in [6.07, 6.45) is 6.18. The van der Waals surface area contributed by atoms with Crippen molar-refractivity contribution in [2.45, 2.75) is 50.7 Å². The molecule has 1 aliphatic rings. The van der Waals surface area contributed by atoms with Gasteiger partial charge in [0.1, 0.15) is 5.82 Å². The predicted octanol–water partition coefficient (Wildman–Crippen LogP) is 4.22. The Balaban J connectivity index is 1.62. The third-order valence-electron chi connectivity index (χ3n) is 6.12. The third-order valence-corrected chi connectivity index (χ3v) is 7.04. The van der Waals surface area contributed by atoms with Gasteiger partial charge in [0.05, 0.1) is 16.7 Å². The quantitative estimate of drug-likeness (QED) is 0.443. The molecular formula is C24H28N4O2S. The van der Waals surface area contributed by atoms with Crippen LogP contribution in [0.2, 0.25) is 0 Å². The topological polar surface area (TPSA) is 68.1 Å². The number of carbonyl (C=O) groups is 1. The number of hydrogen-bond donors (Lipinski definition) is 0. The number of para-hydroxylation sites is 1. The van der Waals surface area contributed by atoms with Gasteiger partial charge in [0, 0.05) is 19.3 Å². The van der Waals surface area contributed by atoms with Crippen LogP contribution in [0.4, 0.5) is 0 Å². The number of carbonyl (C=O) groups excluding carboxylic acids is 1. The number of rotatable bonds is 5. The molecule has 0 unspecified atom stereocenters. The molecule has 0 aliphatic heterocycles. The first-order valence-electron chi connectivity index (χ1n) is 10.8. The van der Waals surface area contributed by atoms with Crippen LogP contribution >= 0.6 is 11.8 Å². The van der Waals surface area contributed by atoms with E-state index in [1.54, 1.807) is 12.3 Å². The van der Waals surface area contributed by atoms with Gasteiger partial charge in [0.2, 0.25) is 5.91 Å². The van der Waals surface area contributed by atoms with Crippen molar-refractivity contribution < 1.29 is 4.79 Å². The number of benzene rings is 1. The van der Waals surface area contributed by atoms with Crippen molar-refractivity contribution >= 4 is 28.6 Å². The fourth-order valence-corrected chi connectivity index (χ4v) is 4.99. The molecule has 1 aliphatic carbocycles. The molecule has 0 bridgehead atoms. The summed E-state index contributed by atoms with van der Waals surface area (Å²) in [7, 11) is 1.89. The van der Waals surface area contributed by atoms with Crippen molar-refractivity contribution in [2.75, 3.05) is 12.8 Å². The Kier molecular flexibility index (Phi) is 6.41. The maximum atomic E-state index is 13.3. The zero-order valence-electron chi connectivity index (χ0n) is 18.2. The van der Waals surface area contributed by atoms with Crippen molar-refractivity contribution in [3.8, 4) is 5.82 Å². The second kappa shape index (κ2) is 9.22. The highest BCUT2D eigenvalue weighted by Gasteiger charge is 2.25. The summed E-state index contributed by atoms with van der Waals surface area (Å²) in [5.74, 6) is 1.56. The molecule has 6 nitrogen and oxygen atoms in total. The van der Waals surface area contributed by atoms with Crippen LogP contribution < -0.4 is 5.56 Å². The van der Waals surface area contributed by atoms with Gasteiger partial charge < -0.3 is 4.90 Å². The monoisotopic (exact) mass is 436 g/mol. The molecule has 7 heteroatoms. The predicted molar refractivity (Wildman–Crippen MR) is 125 cm³/mol. The number of pyridine rings is 1. The Labute approximate surface area is 186 Å². The third kappa shape index (κ3) is 4.66. The Morgan fingerprint density at radius 2 is 1.90 bits per heavy atom. The minimum atomic E-state index is -0.175. The molecule has 3 aromatic rings. The van der Waals surface area contributed by atoms with Gasteiger partial charge in [-0.15, -0.1) is 0 Å². The molecule has 1 amide bonds. The molecule has 4 rings (SSSR count). The van der Waals surface area contributed by atoms with E-state index in [4.69, 9.17) is 4.98 Å². The molecule has 1 saturated carbocycles. The number of thioether (sulfide) groups is 1. The minimum absolute atomic E-state index is 0.0652. The second-order valence-electron chi connectivity index (χ2n) is 8.45. The summed E-state index contributed by atoms with van der Waals surface area (Å²) >= 11 is 1.30. The number of aromatic nitrogens is 3. The highest BCUT2D eigenvalue weighted by Crippen LogP contribution is 2.27. The van der Waals surface area contributed by atoms with Crippen LogP contribution in [0.5, 0.6) is 0 Å². The second-order valence-corrected chi connectivity index (χ2v) is 9.40. The van der Waals surface area contributed by atoms with Gasteiger partial charge in [-0.1, -0.05) is 36.9 Å². The van der Waals surface area contributed by atoms with E-state index >= 15 is 0 Å². The molecule has 0 radical (unpaired) electrons. The van der Waals surface area contributed by atoms with Gasteiger partial charge in [-0.25, -0.2) is 14.5 Å². The molecule has 1 fully saturated rings. The summed E-state index contributed by atoms with van der Waals surface area (Å²) in [6.45, 7) is 4.23. The van der Waals surface area contributed by atoms with Crippen LogP contribution in [0, 0.1) is 12.8 Å². The average Bonchev–Trinajstić information content (AvgIpc) is 2.78. The standard InChI is InChI=1S/C24H28N4O2S/c1-16-8-11-18(12-9-16)27(3)22(29)15-31-24-26-20-7-5-4-6-19(20)23(30)28(24)21-13-10-17(2)14-25-21/h4-7,10,13-14,16,18H,8-9,11-12,15H2,1-3H3. The van der Waals surface area contributed by atoms with E-state index in [0.29, 0.717) is 27.9 Å². The normalized spacial score (nSPS) is 18.8. The Hall–Kier alpha value is -2.67. The average molecular weight is 437 g/mol. The molecule has 0 atom stereocenters. The molecule has 0 spiro atoms. The fourth-order valence-electron chi connectivity index (χ4n) is 4.06. The summed E-state index contributed by atoms with van der Waals surface area (Å²) in [5, 5.41) is 1.02. The lowest BCUT2D eigenvalue weighted by Crippen LogP contribution is -2.40. The first-order valence-corrected chi connectivity index (χ1v) is 11.8. The number of aryl methyl sites for hydroxylation is 1. The number of amides is 1. The van der Waals surface area contributed by atoms with E-state index in [1.807, 2.05) is 49.2 Å². The zero-order chi connectivity index (χ0) is 22.0. The molecule has 2 aromatic heterocycles. The lowest BCUT2D eigenvalue weighted by atomic mass is 9.87. The first-order chi connectivity index (χ1) is 14.9. The van der Waals surface area contributed by atoms with Crippen LogP contribution in [0.3, 0.4) is 0 Å². The fraction of sp³-hybridized carbons (Fsp3) is 0.417. The van der Waals surface area contributed by atoms with Crippen LogP contribution in [0.25, 0.3) is 16.7 Å². The summed E-state index contributed by atoms with van der Waals surface area (Å²) in [5.41, 5.74) is 1.46. The molecular weight excluding hydrogens is 408 g/mol. The highest BCUT2D eigenvalue weighted by molar-refractivity contribution is 7.99. The van der Waals surface area contributed by atoms with Gasteiger partial charge >= 0.3 is 0 Å². The van der Waals surface area contributed by atoms with Crippen molar-refractivity contribution in [3.05, 3.63) is 58.5 Å². The maximum Gasteiger partial charge on any atom is 0.267 e. The zero-order valence-corrected chi connectivity index (χ0v) is 19.1. The van der Waals surface area contributed by atoms with E-state index in [2.05, 4.69) is 11.9 Å². The van der Waals surface area contributed by atoms with Crippen molar-refractivity contribution in [1.82, 2.24) is 19.4 Å². The maximum absolute atomic E-state index is 13.3. The van der Waals surface area contributed by atoms with E-state index in [-0.39, 0.29) is 17.2 Å². The largest absolute Gasteiger partial charge is 0.342 e. The molecule has 0 N–H and O–H groups in total. The number of hydrogen-bond acceptors (Lipinski definition) is 5. The summed E-state index contributed by atoms with van der Waals surface area (Å²) in [6, 6.07) is 11.3. The van der Waals surface area contributed by atoms with E-state index < -0.39 is 0 Å². The number of nitrogens with zero attached hydrogens (tertiary/aromatic N) is 4. The molecule has 162 valence electrons. The van der Waals surface area contributed by atoms with E-state index in [1.165, 1.54) is 29.2 Å². The van der Waals surface area contributed by atoms with Crippen molar-refractivity contribution in [1.29, 1.82) is 0 Å². The lowest BCUT2D eigenvalue weighted by molar-refractivity contribution is -0.129. The molecule has 2 heterocycles. The SMILES string of the molecule is Cc1ccc(-n2c(SCC(=O)N(C)C3CCC(C)CC3)nc3ccccc3c2=O)nc1. The van der Waals surface area contributed by atoms with E-state index in [9.17, 15) is 9.59 Å². The molecule has 0 saturated heterocycles. The van der Waals surface area contributed by atoms with Gasteiger partial charge in [0.25, 0.3) is 5.56 Å². The Morgan fingerprint density at radius 1 is 1.16 bits per heavy atom. The Morgan fingerprint density at radius 3 is 2.61 bits per heavy atom. The number of fused-ring (bicyclic) bond motifs is 1. The summed E-state index contributed by atoms with van der Waals surface area (Å²) in [4.78, 5) is 37.2. The van der Waals surface area contributed by atoms with Gasteiger partial charge in [-0.05, 0) is 62.3 Å². The van der Waals surface area contributed by atoms with Gasteiger partial charge in [0.15, 0.2) is 5.16 Å². The van der Waals surface area contributed by atoms with Crippen LogP contribution in [-0.4, -0.2) is 44.2 Å². The van der Waals surface area contributed by atoms with Crippen LogP contribution in [0.15, 0.2) is 52.5 Å². The van der Waals surface area contributed by atoms with Crippen molar-refractivity contribution in [2.24, 2.45) is 5.92 Å². The van der Waals surface area contributed by atoms with Gasteiger partial charge in [-0.2, -0.15) is 0 Å². The minimum Gasteiger partial charge on any atom is -0.342 e. The smallest absolute Gasteiger partial charge is 0.267 e. The summed E-state index contributed by atoms with van der Waals surface area (Å²) < 4.78 is 1.52. The van der Waals surface area contributed by atoms with Crippen LogP contribution in [-0.2, 0) is 4.79 Å². The van der Waals surface area contributed by atoms with Crippen molar-refractivity contribution in [3.63, 3.8) is 0 Å². The van der Waals surface area contributed by atoms with E-state index in [0.717, 1.165) is 24.3 Å². The Bertz CT molecular complexity index is 1130. The van der Waals surface area contributed by atoms with Gasteiger partial charge in [-0.3, -0.25) is 9.59 Å². The molecule has 31 heavy (non-hydrogen) atoms. The first kappa shape index (κ1) is 21.6.